The molecule has 1 aromatic carbocycles. The van der Waals surface area contributed by atoms with E-state index in [2.05, 4.69) is 10.3 Å². The molecule has 0 unspecified atom stereocenters. The molecule has 7 nitrogen and oxygen atoms in total. The van der Waals surface area contributed by atoms with E-state index in [1.807, 2.05) is 6.07 Å². The van der Waals surface area contributed by atoms with Crippen LogP contribution in [-0.4, -0.2) is 26.6 Å². The van der Waals surface area contributed by atoms with Gasteiger partial charge in [0, 0.05) is 30.2 Å². The lowest BCUT2D eigenvalue weighted by molar-refractivity contribution is -0.124. The maximum Gasteiger partial charge on any atom is 0.267 e. The van der Waals surface area contributed by atoms with Crippen LogP contribution in [0.5, 0.6) is 0 Å². The number of carbonyl (C=O) groups is 2. The molecule has 3 rings (SSSR count). The highest BCUT2D eigenvalue weighted by Gasteiger charge is 2.10. The summed E-state index contributed by atoms with van der Waals surface area (Å²) in [5.41, 5.74) is 3.32. The number of pyridine rings is 1. The van der Waals surface area contributed by atoms with Gasteiger partial charge < -0.3 is 5.32 Å². The van der Waals surface area contributed by atoms with Gasteiger partial charge in [0.15, 0.2) is 0 Å². The van der Waals surface area contributed by atoms with E-state index >= 15 is 0 Å². The van der Waals surface area contributed by atoms with Gasteiger partial charge in [-0.25, -0.2) is 10.5 Å². The summed E-state index contributed by atoms with van der Waals surface area (Å²) in [7, 11) is 0. The Morgan fingerprint density at radius 2 is 1.93 bits per heavy atom. The van der Waals surface area contributed by atoms with Gasteiger partial charge in [0.25, 0.3) is 11.8 Å². The number of halogens is 2. The van der Waals surface area contributed by atoms with Crippen LogP contribution in [0.4, 0.5) is 11.5 Å². The van der Waals surface area contributed by atoms with Crippen LogP contribution in [0, 0.1) is 0 Å². The molecular formula is C19H16Cl2N4O3. The van der Waals surface area contributed by atoms with Gasteiger partial charge in [0.05, 0.1) is 10.7 Å². The van der Waals surface area contributed by atoms with Crippen LogP contribution >= 0.6 is 24.0 Å². The first kappa shape index (κ1) is 21.2. The molecule has 0 saturated heterocycles. The number of hydrogen-bond donors (Lipinski definition) is 3. The van der Waals surface area contributed by atoms with Crippen molar-refractivity contribution in [2.24, 2.45) is 0 Å². The van der Waals surface area contributed by atoms with Gasteiger partial charge in [-0.3, -0.25) is 19.4 Å². The molecule has 3 aromatic rings. The number of hydrogen-bond acceptors (Lipinski definition) is 5. The molecule has 0 bridgehead atoms. The Hall–Kier alpha value is -3.13. The van der Waals surface area contributed by atoms with Crippen molar-refractivity contribution in [2.75, 3.05) is 5.32 Å². The minimum atomic E-state index is -0.655. The quantitative estimate of drug-likeness (QED) is 0.331. The Labute approximate surface area is 172 Å². The van der Waals surface area contributed by atoms with Crippen LogP contribution in [0.1, 0.15) is 15.9 Å². The van der Waals surface area contributed by atoms with E-state index in [0.717, 1.165) is 6.08 Å². The average Bonchev–Trinajstić information content (AvgIpc) is 3.16. The Kier molecular flexibility index (Phi) is 7.34. The number of amides is 1. The Bertz CT molecular complexity index is 1000. The van der Waals surface area contributed by atoms with Gasteiger partial charge in [-0.05, 0) is 35.9 Å². The molecule has 1 amide bonds. The van der Waals surface area contributed by atoms with Gasteiger partial charge in [0.2, 0.25) is 0 Å². The highest BCUT2D eigenvalue weighted by Crippen LogP contribution is 2.25. The number of rotatable bonds is 5. The maximum atomic E-state index is 12.4. The predicted molar refractivity (Wildman–Crippen MR) is 109 cm³/mol. The fourth-order valence-corrected chi connectivity index (χ4v) is 2.53. The zero-order valence-corrected chi connectivity index (χ0v) is 15.9. The second-order valence-electron chi connectivity index (χ2n) is 5.51. The van der Waals surface area contributed by atoms with Crippen LogP contribution in [-0.2, 0) is 4.79 Å². The molecule has 0 radical (unpaired) electrons. The topological polar surface area (TPSA) is 96.2 Å². The molecule has 0 spiro atoms. The number of aromatic nitrogens is 2. The Balaban J connectivity index is 0.00000280. The van der Waals surface area contributed by atoms with Crippen molar-refractivity contribution in [3.05, 3.63) is 83.3 Å². The number of anilines is 2. The SMILES string of the molecule is Cl.O=C(C=Cc1cnc(Nc2ccn(C(=O)c3ccccc3)c2)c(Cl)c1)NO. The molecule has 0 fully saturated rings. The van der Waals surface area contributed by atoms with Crippen LogP contribution < -0.4 is 10.8 Å². The summed E-state index contributed by atoms with van der Waals surface area (Å²) in [6.07, 6.45) is 7.42. The van der Waals surface area contributed by atoms with Gasteiger partial charge in [-0.1, -0.05) is 29.8 Å². The summed E-state index contributed by atoms with van der Waals surface area (Å²) in [6.45, 7) is 0. The number of nitrogens with zero attached hydrogens (tertiary/aromatic N) is 2. The molecule has 2 heterocycles. The van der Waals surface area contributed by atoms with Crippen molar-refractivity contribution >= 4 is 53.4 Å². The fraction of sp³-hybridized carbons (Fsp3) is 0. The molecule has 144 valence electrons. The molecule has 0 saturated carbocycles. The molecule has 9 heteroatoms. The van der Waals surface area contributed by atoms with Crippen LogP contribution in [0.2, 0.25) is 5.02 Å². The Morgan fingerprint density at radius 3 is 2.61 bits per heavy atom. The highest BCUT2D eigenvalue weighted by atomic mass is 35.5. The van der Waals surface area contributed by atoms with E-state index in [0.29, 0.717) is 27.7 Å². The van der Waals surface area contributed by atoms with E-state index in [1.54, 1.807) is 48.8 Å². The number of carbonyl (C=O) groups excluding carboxylic acids is 2. The van der Waals surface area contributed by atoms with E-state index in [4.69, 9.17) is 16.8 Å². The van der Waals surface area contributed by atoms with Crippen molar-refractivity contribution in [2.45, 2.75) is 0 Å². The lowest BCUT2D eigenvalue weighted by Gasteiger charge is -2.06. The van der Waals surface area contributed by atoms with E-state index < -0.39 is 5.91 Å². The maximum absolute atomic E-state index is 12.4. The van der Waals surface area contributed by atoms with Crippen molar-refractivity contribution < 1.29 is 14.8 Å². The van der Waals surface area contributed by atoms with E-state index in [1.165, 1.54) is 22.3 Å². The normalized spacial score (nSPS) is 10.4. The third-order valence-corrected chi connectivity index (χ3v) is 3.90. The number of hydroxylamine groups is 1. The first-order valence-electron chi connectivity index (χ1n) is 7.89. The minimum Gasteiger partial charge on any atom is -0.338 e. The lowest BCUT2D eigenvalue weighted by atomic mass is 10.2. The van der Waals surface area contributed by atoms with E-state index in [-0.39, 0.29) is 18.3 Å². The van der Waals surface area contributed by atoms with Gasteiger partial charge >= 0.3 is 0 Å². The summed E-state index contributed by atoms with van der Waals surface area (Å²) < 4.78 is 1.47. The Morgan fingerprint density at radius 1 is 1.18 bits per heavy atom. The minimum absolute atomic E-state index is 0. The third kappa shape index (κ3) is 5.20. The predicted octanol–water partition coefficient (Wildman–Crippen LogP) is 3.91. The monoisotopic (exact) mass is 418 g/mol. The molecule has 28 heavy (non-hydrogen) atoms. The zero-order valence-electron chi connectivity index (χ0n) is 14.4. The number of nitrogens with one attached hydrogen (secondary N) is 2. The fourth-order valence-electron chi connectivity index (χ4n) is 2.31. The molecule has 0 aliphatic heterocycles. The second kappa shape index (κ2) is 9.70. The van der Waals surface area contributed by atoms with Gasteiger partial charge in [0.1, 0.15) is 5.82 Å². The van der Waals surface area contributed by atoms with Crippen molar-refractivity contribution in [1.82, 2.24) is 15.0 Å². The first-order valence-corrected chi connectivity index (χ1v) is 8.27. The zero-order chi connectivity index (χ0) is 19.2. The average molecular weight is 419 g/mol. The molecular weight excluding hydrogens is 403 g/mol. The molecule has 3 N–H and O–H groups in total. The van der Waals surface area contributed by atoms with Crippen LogP contribution in [0.15, 0.2) is 67.1 Å². The molecule has 0 aliphatic rings. The second-order valence-corrected chi connectivity index (χ2v) is 5.92. The highest BCUT2D eigenvalue weighted by molar-refractivity contribution is 6.33. The van der Waals surface area contributed by atoms with Crippen LogP contribution in [0.25, 0.3) is 6.08 Å². The van der Waals surface area contributed by atoms with Crippen molar-refractivity contribution in [3.8, 4) is 0 Å². The van der Waals surface area contributed by atoms with E-state index in [9.17, 15) is 9.59 Å². The first-order chi connectivity index (χ1) is 13.1. The van der Waals surface area contributed by atoms with Gasteiger partial charge in [-0.2, -0.15) is 0 Å². The van der Waals surface area contributed by atoms with Crippen molar-refractivity contribution in [1.29, 1.82) is 0 Å². The smallest absolute Gasteiger partial charge is 0.267 e. The summed E-state index contributed by atoms with van der Waals surface area (Å²) >= 11 is 6.21. The standard InChI is InChI=1S/C19H15ClN4O3.ClH/c20-16-10-13(6-7-17(25)23-27)11-21-18(16)22-15-8-9-24(12-15)19(26)14-4-2-1-3-5-14;/h1-12,27H,(H,21,22)(H,23,25);1H. The summed E-state index contributed by atoms with van der Waals surface area (Å²) in [6, 6.07) is 12.3. The largest absolute Gasteiger partial charge is 0.338 e. The summed E-state index contributed by atoms with van der Waals surface area (Å²) in [5.74, 6) is -0.395. The lowest BCUT2D eigenvalue weighted by Crippen LogP contribution is -2.14. The van der Waals surface area contributed by atoms with Crippen molar-refractivity contribution in [3.63, 3.8) is 0 Å². The van der Waals surface area contributed by atoms with Crippen LogP contribution in [0.3, 0.4) is 0 Å². The number of benzene rings is 1. The molecule has 2 aromatic heterocycles. The summed E-state index contributed by atoms with van der Waals surface area (Å²) in [5, 5.41) is 11.8. The molecule has 0 atom stereocenters. The molecule has 0 aliphatic carbocycles. The summed E-state index contributed by atoms with van der Waals surface area (Å²) in [4.78, 5) is 27.6. The van der Waals surface area contributed by atoms with Gasteiger partial charge in [-0.15, -0.1) is 12.4 Å². The third-order valence-electron chi connectivity index (χ3n) is 3.61.